The maximum absolute atomic E-state index is 12.1. The number of aromatic nitrogens is 1. The summed E-state index contributed by atoms with van der Waals surface area (Å²) in [6.07, 6.45) is 4.60. The lowest BCUT2D eigenvalue weighted by Gasteiger charge is -2.14. The number of amides is 1. The molecule has 0 saturated heterocycles. The molecule has 5 heteroatoms. The highest BCUT2D eigenvalue weighted by atomic mass is 16.5. The number of fused-ring (bicyclic) bond motifs is 3. The van der Waals surface area contributed by atoms with E-state index in [2.05, 4.69) is 40.6 Å². The number of alkyl carbamates (subject to hydrolysis) is 1. The highest BCUT2D eigenvalue weighted by molar-refractivity contribution is 5.79. The molecule has 1 aliphatic carbocycles. The van der Waals surface area contributed by atoms with Gasteiger partial charge in [-0.2, -0.15) is 5.26 Å². The Bertz CT molecular complexity index is 1070. The molecule has 29 heavy (non-hydrogen) atoms. The third-order valence-corrected chi connectivity index (χ3v) is 4.94. The van der Waals surface area contributed by atoms with Gasteiger partial charge in [-0.3, -0.25) is 4.98 Å². The van der Waals surface area contributed by atoms with Crippen LogP contribution in [-0.2, 0) is 4.74 Å². The van der Waals surface area contributed by atoms with Gasteiger partial charge in [0.25, 0.3) is 0 Å². The van der Waals surface area contributed by atoms with E-state index < -0.39 is 6.09 Å². The number of pyridine rings is 1. The molecule has 0 aliphatic heterocycles. The van der Waals surface area contributed by atoms with Crippen LogP contribution in [0.15, 0.2) is 72.9 Å². The smallest absolute Gasteiger partial charge is 0.407 e. The first-order valence-corrected chi connectivity index (χ1v) is 9.38. The average Bonchev–Trinajstić information content (AvgIpc) is 3.09. The Kier molecular flexibility index (Phi) is 5.35. The first kappa shape index (κ1) is 18.5. The minimum absolute atomic E-state index is 0.0374. The van der Waals surface area contributed by atoms with Crippen molar-refractivity contribution in [3.05, 3.63) is 95.3 Å². The van der Waals surface area contributed by atoms with Crippen LogP contribution in [-0.4, -0.2) is 24.2 Å². The molecule has 1 heterocycles. The summed E-state index contributed by atoms with van der Waals surface area (Å²) in [6.45, 7) is 0.570. The zero-order valence-corrected chi connectivity index (χ0v) is 15.7. The molecule has 2 aromatic carbocycles. The van der Waals surface area contributed by atoms with Gasteiger partial charge in [0.2, 0.25) is 0 Å². The van der Waals surface area contributed by atoms with Gasteiger partial charge >= 0.3 is 6.09 Å². The molecule has 5 nitrogen and oxygen atoms in total. The van der Waals surface area contributed by atoms with Crippen molar-refractivity contribution >= 4 is 12.2 Å². The highest BCUT2D eigenvalue weighted by Crippen LogP contribution is 2.44. The second-order valence-corrected chi connectivity index (χ2v) is 6.66. The summed E-state index contributed by atoms with van der Waals surface area (Å²) in [5, 5.41) is 11.8. The van der Waals surface area contributed by atoms with E-state index in [1.54, 1.807) is 30.5 Å². The van der Waals surface area contributed by atoms with Gasteiger partial charge in [-0.15, -0.1) is 0 Å². The fraction of sp³-hybridized carbons (Fsp3) is 0.125. The van der Waals surface area contributed by atoms with E-state index in [1.807, 2.05) is 24.3 Å². The number of carbonyl (C=O) groups excluding carboxylic acids is 1. The van der Waals surface area contributed by atoms with Crippen LogP contribution in [0.3, 0.4) is 0 Å². The summed E-state index contributed by atoms with van der Waals surface area (Å²) in [6, 6.07) is 22.0. The second-order valence-electron chi connectivity index (χ2n) is 6.66. The van der Waals surface area contributed by atoms with Crippen LogP contribution in [0.25, 0.3) is 17.2 Å². The number of rotatable bonds is 5. The fourth-order valence-corrected chi connectivity index (χ4v) is 3.61. The first-order valence-electron chi connectivity index (χ1n) is 9.38. The van der Waals surface area contributed by atoms with Crippen molar-refractivity contribution < 1.29 is 9.53 Å². The zero-order chi connectivity index (χ0) is 20.1. The third-order valence-electron chi connectivity index (χ3n) is 4.94. The number of nitrogens with one attached hydrogen (secondary N) is 1. The van der Waals surface area contributed by atoms with Crippen LogP contribution in [0.2, 0.25) is 0 Å². The lowest BCUT2D eigenvalue weighted by atomic mass is 9.98. The molecule has 0 saturated carbocycles. The van der Waals surface area contributed by atoms with Crippen LogP contribution in [0.5, 0.6) is 0 Å². The monoisotopic (exact) mass is 381 g/mol. The SMILES string of the molecule is N#Cc1cccnc1C=CCNC(=O)OCC1c2ccccc2-c2ccccc21. The van der Waals surface area contributed by atoms with Gasteiger partial charge in [0.05, 0.1) is 11.3 Å². The standard InChI is InChI=1S/C24H19N3O2/c25-15-17-7-5-13-26-23(17)12-6-14-27-24(28)29-16-22-20-10-3-1-8-18(20)19-9-2-4-11-21(19)22/h1-13,22H,14,16H2,(H,27,28). The van der Waals surface area contributed by atoms with Crippen LogP contribution in [0.1, 0.15) is 28.3 Å². The van der Waals surface area contributed by atoms with Gasteiger partial charge in [-0.25, -0.2) is 4.79 Å². The summed E-state index contributed by atoms with van der Waals surface area (Å²) >= 11 is 0. The fourth-order valence-electron chi connectivity index (χ4n) is 3.61. The zero-order valence-electron chi connectivity index (χ0n) is 15.7. The molecule has 1 aromatic heterocycles. The molecule has 0 spiro atoms. The Balaban J connectivity index is 1.35. The van der Waals surface area contributed by atoms with Gasteiger partial charge in [-0.1, -0.05) is 54.6 Å². The molecule has 1 aliphatic rings. The number of ether oxygens (including phenoxy) is 1. The Morgan fingerprint density at radius 3 is 2.45 bits per heavy atom. The third kappa shape index (κ3) is 3.87. The van der Waals surface area contributed by atoms with E-state index >= 15 is 0 Å². The van der Waals surface area contributed by atoms with Gasteiger partial charge in [0.1, 0.15) is 12.7 Å². The van der Waals surface area contributed by atoms with Crippen molar-refractivity contribution in [2.75, 3.05) is 13.2 Å². The number of hydrogen-bond donors (Lipinski definition) is 1. The van der Waals surface area contributed by atoms with E-state index in [0.29, 0.717) is 11.3 Å². The van der Waals surface area contributed by atoms with Crippen molar-refractivity contribution in [1.82, 2.24) is 10.3 Å². The normalized spacial score (nSPS) is 12.2. The molecule has 0 fully saturated rings. The molecular weight excluding hydrogens is 362 g/mol. The van der Waals surface area contributed by atoms with E-state index in [4.69, 9.17) is 10.00 Å². The summed E-state index contributed by atoms with van der Waals surface area (Å²) in [5.74, 6) is 0.0374. The number of nitrogens with zero attached hydrogens (tertiary/aromatic N) is 2. The van der Waals surface area contributed by atoms with Crippen molar-refractivity contribution in [2.45, 2.75) is 5.92 Å². The van der Waals surface area contributed by atoms with Crippen LogP contribution in [0.4, 0.5) is 4.79 Å². The Morgan fingerprint density at radius 1 is 1.07 bits per heavy atom. The molecule has 142 valence electrons. The lowest BCUT2D eigenvalue weighted by molar-refractivity contribution is 0.144. The number of benzene rings is 2. The van der Waals surface area contributed by atoms with Gasteiger partial charge in [0, 0.05) is 18.7 Å². The highest BCUT2D eigenvalue weighted by Gasteiger charge is 2.28. The Morgan fingerprint density at radius 2 is 1.76 bits per heavy atom. The summed E-state index contributed by atoms with van der Waals surface area (Å²) < 4.78 is 5.48. The molecule has 1 amide bonds. The summed E-state index contributed by atoms with van der Waals surface area (Å²) in [4.78, 5) is 16.3. The molecule has 0 unspecified atom stereocenters. The topological polar surface area (TPSA) is 75.0 Å². The van der Waals surface area contributed by atoms with Crippen molar-refractivity contribution in [3.63, 3.8) is 0 Å². The molecule has 1 N–H and O–H groups in total. The van der Waals surface area contributed by atoms with E-state index in [-0.39, 0.29) is 19.1 Å². The molecule has 0 radical (unpaired) electrons. The van der Waals surface area contributed by atoms with E-state index in [1.165, 1.54) is 22.3 Å². The molecule has 3 aromatic rings. The minimum atomic E-state index is -0.474. The quantitative estimate of drug-likeness (QED) is 0.706. The van der Waals surface area contributed by atoms with Crippen molar-refractivity contribution in [3.8, 4) is 17.2 Å². The second kappa shape index (κ2) is 8.41. The minimum Gasteiger partial charge on any atom is -0.449 e. The number of carbonyl (C=O) groups is 1. The van der Waals surface area contributed by atoms with Crippen LogP contribution in [0, 0.1) is 11.3 Å². The Hall–Kier alpha value is -3.91. The maximum Gasteiger partial charge on any atom is 0.407 e. The number of hydrogen-bond acceptors (Lipinski definition) is 4. The van der Waals surface area contributed by atoms with Gasteiger partial charge in [0.15, 0.2) is 0 Å². The molecule has 0 atom stereocenters. The van der Waals surface area contributed by atoms with Gasteiger partial charge < -0.3 is 10.1 Å². The van der Waals surface area contributed by atoms with Crippen molar-refractivity contribution in [1.29, 1.82) is 5.26 Å². The molecule has 4 rings (SSSR count). The predicted octanol–water partition coefficient (Wildman–Crippen LogP) is 4.51. The average molecular weight is 381 g/mol. The van der Waals surface area contributed by atoms with Gasteiger partial charge in [-0.05, 0) is 40.5 Å². The Labute approximate surface area is 169 Å². The van der Waals surface area contributed by atoms with Crippen LogP contribution >= 0.6 is 0 Å². The first-order chi connectivity index (χ1) is 14.3. The molecule has 0 bridgehead atoms. The predicted molar refractivity (Wildman–Crippen MR) is 111 cm³/mol. The largest absolute Gasteiger partial charge is 0.449 e. The summed E-state index contributed by atoms with van der Waals surface area (Å²) in [5.41, 5.74) is 5.82. The molecular formula is C24H19N3O2. The van der Waals surface area contributed by atoms with Crippen molar-refractivity contribution in [2.24, 2.45) is 0 Å². The maximum atomic E-state index is 12.1. The number of nitriles is 1. The van der Waals surface area contributed by atoms with Crippen LogP contribution < -0.4 is 5.32 Å². The lowest BCUT2D eigenvalue weighted by Crippen LogP contribution is -2.26. The van der Waals surface area contributed by atoms with E-state index in [0.717, 1.165) is 0 Å². The van der Waals surface area contributed by atoms with E-state index in [9.17, 15) is 4.79 Å². The summed E-state index contributed by atoms with van der Waals surface area (Å²) in [7, 11) is 0.